The van der Waals surface area contributed by atoms with Crippen LogP contribution in [0.3, 0.4) is 0 Å². The molecule has 1 fully saturated rings. The molecule has 2 aromatic rings. The van der Waals surface area contributed by atoms with Crippen LogP contribution in [-0.4, -0.2) is 42.8 Å². The van der Waals surface area contributed by atoms with E-state index < -0.39 is 20.9 Å². The Hall–Kier alpha value is -1.92. The Morgan fingerprint density at radius 3 is 2.27 bits per heavy atom. The molecule has 1 spiro atoms. The minimum atomic E-state index is -3.35. The van der Waals surface area contributed by atoms with Gasteiger partial charge in [-0.1, -0.05) is 18.2 Å². The number of fused-ring (bicyclic) bond motifs is 1. The molecular formula is C27H36FNO3S. The maximum absolute atomic E-state index is 14.7. The SMILES string of the molecule is CC(C)S(=O)(=O)Cc1ccc(-c2ccc3c(c2)CCC2(CCN(C(C)(C)C)CC2)O3)cc1F. The van der Waals surface area contributed by atoms with Crippen LogP contribution in [0.2, 0.25) is 0 Å². The van der Waals surface area contributed by atoms with Gasteiger partial charge in [-0.3, -0.25) is 4.90 Å². The van der Waals surface area contributed by atoms with Gasteiger partial charge in [-0.05, 0) is 95.2 Å². The predicted molar refractivity (Wildman–Crippen MR) is 132 cm³/mol. The first-order chi connectivity index (χ1) is 15.4. The van der Waals surface area contributed by atoms with Gasteiger partial charge in [-0.2, -0.15) is 0 Å². The molecule has 0 saturated carbocycles. The highest BCUT2D eigenvalue weighted by molar-refractivity contribution is 7.91. The third kappa shape index (κ3) is 5.12. The van der Waals surface area contributed by atoms with Crippen LogP contribution in [0.4, 0.5) is 4.39 Å². The van der Waals surface area contributed by atoms with Crippen molar-refractivity contribution in [1.29, 1.82) is 0 Å². The molecule has 180 valence electrons. The summed E-state index contributed by atoms with van der Waals surface area (Å²) in [5, 5.41) is -0.527. The molecule has 2 heterocycles. The van der Waals surface area contributed by atoms with E-state index in [2.05, 4.69) is 31.7 Å². The summed E-state index contributed by atoms with van der Waals surface area (Å²) in [4.78, 5) is 2.53. The quantitative estimate of drug-likeness (QED) is 0.565. The number of aryl methyl sites for hydroxylation is 1. The van der Waals surface area contributed by atoms with Crippen LogP contribution in [0.1, 0.15) is 65.0 Å². The van der Waals surface area contributed by atoms with Crippen molar-refractivity contribution in [2.24, 2.45) is 0 Å². The Morgan fingerprint density at radius 1 is 1.03 bits per heavy atom. The highest BCUT2D eigenvalue weighted by Crippen LogP contribution is 2.41. The molecule has 1 saturated heterocycles. The monoisotopic (exact) mass is 473 g/mol. The Morgan fingerprint density at radius 2 is 1.67 bits per heavy atom. The zero-order chi connectivity index (χ0) is 24.0. The Kier molecular flexibility index (Phi) is 6.38. The van der Waals surface area contributed by atoms with Gasteiger partial charge in [-0.25, -0.2) is 12.8 Å². The van der Waals surface area contributed by atoms with E-state index in [4.69, 9.17) is 4.74 Å². The van der Waals surface area contributed by atoms with E-state index in [0.717, 1.165) is 61.2 Å². The van der Waals surface area contributed by atoms with Crippen LogP contribution in [0.25, 0.3) is 11.1 Å². The average Bonchev–Trinajstić information content (AvgIpc) is 2.74. The second kappa shape index (κ2) is 8.70. The number of ether oxygens (including phenoxy) is 1. The van der Waals surface area contributed by atoms with E-state index in [1.165, 1.54) is 6.07 Å². The molecule has 0 atom stereocenters. The van der Waals surface area contributed by atoms with Crippen molar-refractivity contribution in [3.63, 3.8) is 0 Å². The van der Waals surface area contributed by atoms with Crippen LogP contribution >= 0.6 is 0 Å². The zero-order valence-electron chi connectivity index (χ0n) is 20.4. The molecule has 0 aromatic heterocycles. The zero-order valence-corrected chi connectivity index (χ0v) is 21.3. The van der Waals surface area contributed by atoms with Gasteiger partial charge in [0.2, 0.25) is 0 Å². The third-order valence-electron chi connectivity index (χ3n) is 7.32. The van der Waals surface area contributed by atoms with Crippen LogP contribution < -0.4 is 4.74 Å². The highest BCUT2D eigenvalue weighted by Gasteiger charge is 2.41. The molecule has 4 rings (SSSR count). The number of hydrogen-bond acceptors (Lipinski definition) is 4. The fourth-order valence-electron chi connectivity index (χ4n) is 4.87. The number of likely N-dealkylation sites (tertiary alicyclic amines) is 1. The first-order valence-corrected chi connectivity index (χ1v) is 13.7. The van der Waals surface area contributed by atoms with Crippen molar-refractivity contribution in [3.05, 3.63) is 53.3 Å². The minimum Gasteiger partial charge on any atom is -0.487 e. The van der Waals surface area contributed by atoms with Gasteiger partial charge in [0.25, 0.3) is 0 Å². The lowest BCUT2D eigenvalue weighted by atomic mass is 9.81. The van der Waals surface area contributed by atoms with Gasteiger partial charge >= 0.3 is 0 Å². The van der Waals surface area contributed by atoms with Gasteiger partial charge < -0.3 is 4.74 Å². The fraction of sp³-hybridized carbons (Fsp3) is 0.556. The molecule has 0 radical (unpaired) electrons. The molecule has 0 N–H and O–H groups in total. The van der Waals surface area contributed by atoms with Crippen molar-refractivity contribution < 1.29 is 17.5 Å². The summed E-state index contributed by atoms with van der Waals surface area (Å²) in [6.45, 7) is 12.1. The van der Waals surface area contributed by atoms with E-state index in [1.54, 1.807) is 19.9 Å². The van der Waals surface area contributed by atoms with Crippen LogP contribution in [0.5, 0.6) is 5.75 Å². The summed E-state index contributed by atoms with van der Waals surface area (Å²) in [5.41, 5.74) is 3.16. The number of hydrogen-bond donors (Lipinski definition) is 0. The number of sulfone groups is 1. The standard InChI is InChI=1S/C27H36FNO3S/c1-19(2)33(30,31)18-23-7-6-21(17-24(23)28)20-8-9-25-22(16-20)10-11-27(32-25)12-14-29(15-13-27)26(3,4)5/h6-9,16-17,19H,10-15,18H2,1-5H3. The third-order valence-corrected chi connectivity index (χ3v) is 9.47. The van der Waals surface area contributed by atoms with E-state index >= 15 is 0 Å². The Bertz CT molecular complexity index is 1130. The Balaban J connectivity index is 1.50. The van der Waals surface area contributed by atoms with Gasteiger partial charge in [-0.15, -0.1) is 0 Å². The summed E-state index contributed by atoms with van der Waals surface area (Å²) in [5.74, 6) is 0.188. The smallest absolute Gasteiger partial charge is 0.156 e. The van der Waals surface area contributed by atoms with E-state index in [1.807, 2.05) is 18.2 Å². The molecule has 0 unspecified atom stereocenters. The maximum atomic E-state index is 14.7. The molecule has 4 nitrogen and oxygen atoms in total. The summed E-state index contributed by atoms with van der Waals surface area (Å²) in [7, 11) is -3.35. The van der Waals surface area contributed by atoms with E-state index in [9.17, 15) is 12.8 Å². The molecule has 0 bridgehead atoms. The second-order valence-electron chi connectivity index (χ2n) is 10.9. The molecule has 2 aromatic carbocycles. The van der Waals surface area contributed by atoms with Crippen molar-refractivity contribution in [3.8, 4) is 16.9 Å². The molecule has 0 aliphatic carbocycles. The lowest BCUT2D eigenvalue weighted by Crippen LogP contribution is -2.54. The van der Waals surface area contributed by atoms with Crippen molar-refractivity contribution >= 4 is 9.84 Å². The normalized spacial score (nSPS) is 18.9. The molecular weight excluding hydrogens is 437 g/mol. The largest absolute Gasteiger partial charge is 0.487 e. The van der Waals surface area contributed by atoms with Gasteiger partial charge in [0.1, 0.15) is 17.2 Å². The molecule has 33 heavy (non-hydrogen) atoms. The fourth-order valence-corrected chi connectivity index (χ4v) is 5.87. The number of rotatable bonds is 4. The van der Waals surface area contributed by atoms with Crippen LogP contribution in [0, 0.1) is 5.82 Å². The number of nitrogens with zero attached hydrogens (tertiary/aromatic N) is 1. The van der Waals surface area contributed by atoms with Crippen LogP contribution in [0.15, 0.2) is 36.4 Å². The lowest BCUT2D eigenvalue weighted by molar-refractivity contribution is -0.0355. The minimum absolute atomic E-state index is 0.0775. The summed E-state index contributed by atoms with van der Waals surface area (Å²) >= 11 is 0. The summed E-state index contributed by atoms with van der Waals surface area (Å²) < 4.78 is 45.7. The van der Waals surface area contributed by atoms with Crippen molar-refractivity contribution in [1.82, 2.24) is 4.90 Å². The number of halogens is 1. The summed E-state index contributed by atoms with van der Waals surface area (Å²) in [6, 6.07) is 10.9. The lowest BCUT2D eigenvalue weighted by Gasteiger charge is -2.48. The Labute approximate surface area is 198 Å². The van der Waals surface area contributed by atoms with Gasteiger partial charge in [0, 0.05) is 24.2 Å². The highest BCUT2D eigenvalue weighted by atomic mass is 32.2. The number of benzene rings is 2. The second-order valence-corrected chi connectivity index (χ2v) is 13.5. The van der Waals surface area contributed by atoms with Gasteiger partial charge in [0.05, 0.1) is 11.0 Å². The molecule has 2 aliphatic heterocycles. The topological polar surface area (TPSA) is 46.6 Å². The van der Waals surface area contributed by atoms with Crippen molar-refractivity contribution in [2.45, 2.75) is 82.4 Å². The average molecular weight is 474 g/mol. The van der Waals surface area contributed by atoms with Crippen molar-refractivity contribution in [2.75, 3.05) is 13.1 Å². The maximum Gasteiger partial charge on any atom is 0.156 e. The number of piperidine rings is 1. The molecule has 2 aliphatic rings. The first-order valence-electron chi connectivity index (χ1n) is 12.0. The predicted octanol–water partition coefficient (Wildman–Crippen LogP) is 5.77. The first kappa shape index (κ1) is 24.2. The van der Waals surface area contributed by atoms with Gasteiger partial charge in [0.15, 0.2) is 9.84 Å². The molecule has 0 amide bonds. The molecule has 6 heteroatoms. The van der Waals surface area contributed by atoms with E-state index in [0.29, 0.717) is 0 Å². The van der Waals surface area contributed by atoms with E-state index in [-0.39, 0.29) is 22.5 Å². The van der Waals surface area contributed by atoms with Crippen LogP contribution in [-0.2, 0) is 22.0 Å². The summed E-state index contributed by atoms with van der Waals surface area (Å²) in [6.07, 6.45) is 4.03.